The van der Waals surface area contributed by atoms with Crippen molar-refractivity contribution in [3.63, 3.8) is 0 Å². The standard InChI is InChI=1S/C16H27NS/c1-11(2)13(5)8-9-17-14(6)10-16(15(17)7)18-12(3)4/h11-12,16H,5-10H2,1-4H3. The van der Waals surface area contributed by atoms with E-state index in [1.165, 1.54) is 17.0 Å². The predicted molar refractivity (Wildman–Crippen MR) is 84.7 cm³/mol. The van der Waals surface area contributed by atoms with Gasteiger partial charge in [0.15, 0.2) is 0 Å². The fraction of sp³-hybridized carbons (Fsp3) is 0.625. The molecule has 102 valence electrons. The first-order valence-electron chi connectivity index (χ1n) is 6.80. The fourth-order valence-electron chi connectivity index (χ4n) is 2.12. The third kappa shape index (κ3) is 3.94. The van der Waals surface area contributed by atoms with Crippen molar-refractivity contribution in [1.82, 2.24) is 4.90 Å². The van der Waals surface area contributed by atoms with Gasteiger partial charge in [0.05, 0.1) is 5.25 Å². The molecule has 0 aromatic carbocycles. The van der Waals surface area contributed by atoms with Gasteiger partial charge in [-0.2, -0.15) is 0 Å². The molecule has 1 rings (SSSR count). The van der Waals surface area contributed by atoms with Crippen molar-refractivity contribution in [2.24, 2.45) is 5.92 Å². The molecule has 0 spiro atoms. The molecule has 1 unspecified atom stereocenters. The Bertz CT molecular complexity index is 341. The largest absolute Gasteiger partial charge is 0.348 e. The Morgan fingerprint density at radius 2 is 1.94 bits per heavy atom. The average Bonchev–Trinajstić information content (AvgIpc) is 2.50. The molecule has 0 aromatic heterocycles. The van der Waals surface area contributed by atoms with E-state index < -0.39 is 0 Å². The van der Waals surface area contributed by atoms with Crippen molar-refractivity contribution < 1.29 is 0 Å². The zero-order chi connectivity index (χ0) is 13.9. The van der Waals surface area contributed by atoms with E-state index in [-0.39, 0.29) is 0 Å². The molecule has 0 N–H and O–H groups in total. The third-order valence-corrected chi connectivity index (χ3v) is 4.74. The summed E-state index contributed by atoms with van der Waals surface area (Å²) in [5.74, 6) is 0.565. The SMILES string of the molecule is C=C(CCN1C(=C)CC(SC(C)C)C1=C)C(C)C. The van der Waals surface area contributed by atoms with Gasteiger partial charge in [-0.25, -0.2) is 0 Å². The van der Waals surface area contributed by atoms with Gasteiger partial charge in [0.2, 0.25) is 0 Å². The molecular formula is C16H27NS. The number of thioether (sulfide) groups is 1. The second-order valence-electron chi connectivity index (χ2n) is 5.65. The van der Waals surface area contributed by atoms with Crippen LogP contribution in [-0.4, -0.2) is 21.9 Å². The van der Waals surface area contributed by atoms with Gasteiger partial charge >= 0.3 is 0 Å². The molecule has 0 saturated carbocycles. The van der Waals surface area contributed by atoms with Crippen molar-refractivity contribution in [2.45, 2.75) is 51.0 Å². The smallest absolute Gasteiger partial charge is 0.0501 e. The van der Waals surface area contributed by atoms with Crippen LogP contribution in [0.15, 0.2) is 36.7 Å². The number of hydrogen-bond acceptors (Lipinski definition) is 2. The highest BCUT2D eigenvalue weighted by molar-refractivity contribution is 8.00. The van der Waals surface area contributed by atoms with E-state index in [0.29, 0.717) is 16.4 Å². The van der Waals surface area contributed by atoms with E-state index >= 15 is 0 Å². The van der Waals surface area contributed by atoms with Gasteiger partial charge in [0.25, 0.3) is 0 Å². The molecule has 18 heavy (non-hydrogen) atoms. The minimum Gasteiger partial charge on any atom is -0.348 e. The highest BCUT2D eigenvalue weighted by Gasteiger charge is 2.30. The molecule has 0 aromatic rings. The van der Waals surface area contributed by atoms with Crippen molar-refractivity contribution in [2.75, 3.05) is 6.54 Å². The number of rotatable bonds is 6. The van der Waals surface area contributed by atoms with E-state index in [1.54, 1.807) is 0 Å². The third-order valence-electron chi connectivity index (χ3n) is 3.43. The molecule has 1 atom stereocenters. The van der Waals surface area contributed by atoms with Crippen molar-refractivity contribution in [3.8, 4) is 0 Å². The molecule has 0 aliphatic carbocycles. The minimum atomic E-state index is 0.518. The summed E-state index contributed by atoms with van der Waals surface area (Å²) in [6, 6.07) is 0. The quantitative estimate of drug-likeness (QED) is 0.633. The molecule has 1 fully saturated rings. The maximum absolute atomic E-state index is 4.26. The van der Waals surface area contributed by atoms with Crippen LogP contribution in [0.3, 0.4) is 0 Å². The first-order valence-corrected chi connectivity index (χ1v) is 7.74. The Labute approximate surface area is 117 Å². The lowest BCUT2D eigenvalue weighted by Crippen LogP contribution is -2.19. The molecule has 1 heterocycles. The summed E-state index contributed by atoms with van der Waals surface area (Å²) in [7, 11) is 0. The molecule has 1 nitrogen and oxygen atoms in total. The van der Waals surface area contributed by atoms with Gasteiger partial charge in [0.1, 0.15) is 0 Å². The molecule has 0 radical (unpaired) electrons. The first kappa shape index (κ1) is 15.4. The average molecular weight is 265 g/mol. The van der Waals surface area contributed by atoms with E-state index in [9.17, 15) is 0 Å². The zero-order valence-corrected chi connectivity index (χ0v) is 13.1. The molecule has 2 heteroatoms. The molecule has 1 saturated heterocycles. The number of hydrogen-bond donors (Lipinski definition) is 0. The normalized spacial score (nSPS) is 20.3. The van der Waals surface area contributed by atoms with Gasteiger partial charge < -0.3 is 4.90 Å². The van der Waals surface area contributed by atoms with Crippen LogP contribution in [0.4, 0.5) is 0 Å². The van der Waals surface area contributed by atoms with Gasteiger partial charge in [-0.15, -0.1) is 11.8 Å². The summed E-state index contributed by atoms with van der Waals surface area (Å²) in [6.07, 6.45) is 2.09. The van der Waals surface area contributed by atoms with Crippen molar-refractivity contribution >= 4 is 11.8 Å². The van der Waals surface area contributed by atoms with Crippen LogP contribution >= 0.6 is 11.8 Å². The van der Waals surface area contributed by atoms with Crippen molar-refractivity contribution in [1.29, 1.82) is 0 Å². The molecule has 0 bridgehead atoms. The summed E-state index contributed by atoms with van der Waals surface area (Å²) >= 11 is 1.99. The van der Waals surface area contributed by atoms with Crippen LogP contribution in [0.1, 0.15) is 40.5 Å². The Balaban J connectivity index is 2.54. The summed E-state index contributed by atoms with van der Waals surface area (Å²) in [6.45, 7) is 22.5. The van der Waals surface area contributed by atoms with E-state index in [1.807, 2.05) is 11.8 Å². The molecule has 1 aliphatic heterocycles. The fourth-order valence-corrected chi connectivity index (χ4v) is 3.35. The van der Waals surface area contributed by atoms with Crippen LogP contribution in [0, 0.1) is 5.92 Å². The van der Waals surface area contributed by atoms with Crippen molar-refractivity contribution in [3.05, 3.63) is 36.7 Å². The number of allylic oxidation sites excluding steroid dienone is 1. The van der Waals surface area contributed by atoms with Crippen LogP contribution in [0.5, 0.6) is 0 Å². The van der Waals surface area contributed by atoms with E-state index in [2.05, 4.69) is 52.3 Å². The summed E-state index contributed by atoms with van der Waals surface area (Å²) in [5.41, 5.74) is 3.76. The van der Waals surface area contributed by atoms with Crippen LogP contribution < -0.4 is 0 Å². The second kappa shape index (κ2) is 6.51. The number of nitrogens with zero attached hydrogens (tertiary/aromatic N) is 1. The highest BCUT2D eigenvalue weighted by Crippen LogP contribution is 2.38. The summed E-state index contributed by atoms with van der Waals surface area (Å²) in [4.78, 5) is 2.30. The lowest BCUT2D eigenvalue weighted by atomic mass is 10.0. The van der Waals surface area contributed by atoms with Gasteiger partial charge in [-0.3, -0.25) is 0 Å². The van der Waals surface area contributed by atoms with Gasteiger partial charge in [-0.1, -0.05) is 53.0 Å². The molecule has 0 amide bonds. The topological polar surface area (TPSA) is 3.24 Å². The van der Waals surface area contributed by atoms with E-state index in [4.69, 9.17) is 0 Å². The zero-order valence-electron chi connectivity index (χ0n) is 12.3. The Morgan fingerprint density at radius 3 is 2.44 bits per heavy atom. The summed E-state index contributed by atoms with van der Waals surface area (Å²) < 4.78 is 0. The van der Waals surface area contributed by atoms with E-state index in [0.717, 1.165) is 19.4 Å². The molecule has 1 aliphatic rings. The van der Waals surface area contributed by atoms with Crippen LogP contribution in [0.2, 0.25) is 0 Å². The lowest BCUT2D eigenvalue weighted by molar-refractivity contribution is 0.454. The first-order chi connectivity index (χ1) is 8.32. The van der Waals surface area contributed by atoms with Gasteiger partial charge in [-0.05, 0) is 17.6 Å². The Morgan fingerprint density at radius 1 is 1.33 bits per heavy atom. The Hall–Kier alpha value is -0.630. The Kier molecular flexibility index (Phi) is 5.58. The van der Waals surface area contributed by atoms with Crippen LogP contribution in [0.25, 0.3) is 0 Å². The number of likely N-dealkylation sites (tertiary alicyclic amines) is 1. The predicted octanol–water partition coefficient (Wildman–Crippen LogP) is 4.83. The lowest BCUT2D eigenvalue weighted by Gasteiger charge is -2.23. The summed E-state index contributed by atoms with van der Waals surface area (Å²) in [5, 5.41) is 1.16. The minimum absolute atomic E-state index is 0.518. The monoisotopic (exact) mass is 265 g/mol. The second-order valence-corrected chi connectivity index (χ2v) is 7.43. The van der Waals surface area contributed by atoms with Crippen LogP contribution in [-0.2, 0) is 0 Å². The van der Waals surface area contributed by atoms with Gasteiger partial charge in [0, 0.05) is 24.4 Å². The molecular weight excluding hydrogens is 238 g/mol. The maximum Gasteiger partial charge on any atom is 0.0501 e. The maximum atomic E-state index is 4.26. The highest BCUT2D eigenvalue weighted by atomic mass is 32.2.